The number of carbonyl (C=O) groups is 1. The van der Waals surface area contributed by atoms with Crippen molar-refractivity contribution in [3.8, 4) is 0 Å². The number of furan rings is 1. The van der Waals surface area contributed by atoms with Crippen molar-refractivity contribution in [2.24, 2.45) is 5.92 Å². The molecular weight excluding hydrogens is 284 g/mol. The Morgan fingerprint density at radius 1 is 1.33 bits per heavy atom. The normalized spacial score (nSPS) is 25.4. The molecule has 0 N–H and O–H groups in total. The number of thiophene rings is 1. The Hall–Kier alpha value is -1.59. The number of fused-ring (bicyclic) bond motifs is 2. The molecule has 2 atom stereocenters. The molecule has 21 heavy (non-hydrogen) atoms. The first-order valence-electron chi connectivity index (χ1n) is 7.36. The number of likely N-dealkylation sites (tertiary alicyclic amines) is 2. The van der Waals surface area contributed by atoms with Gasteiger partial charge < -0.3 is 9.32 Å². The number of hydrogen-bond acceptors (Lipinski definition) is 4. The third-order valence-electron chi connectivity index (χ3n) is 4.50. The zero-order valence-electron chi connectivity index (χ0n) is 11.8. The third-order valence-corrected chi connectivity index (χ3v) is 5.18. The second-order valence-corrected chi connectivity index (χ2v) is 6.83. The lowest BCUT2D eigenvalue weighted by Gasteiger charge is -2.32. The summed E-state index contributed by atoms with van der Waals surface area (Å²) < 4.78 is 5.14. The maximum absolute atomic E-state index is 12.6. The summed E-state index contributed by atoms with van der Waals surface area (Å²) in [5.41, 5.74) is 2.06. The van der Waals surface area contributed by atoms with E-state index < -0.39 is 0 Å². The molecule has 2 aliphatic rings. The zero-order valence-corrected chi connectivity index (χ0v) is 12.6. The van der Waals surface area contributed by atoms with Gasteiger partial charge in [0.2, 0.25) is 0 Å². The minimum absolute atomic E-state index is 0.203. The SMILES string of the molecule is O=C(c1ccsc1)N1C[C@H]2C[C@H]1CN(Cc1ccoc1)C2. The van der Waals surface area contributed by atoms with Crippen LogP contribution in [0.5, 0.6) is 0 Å². The lowest BCUT2D eigenvalue weighted by atomic mass is 9.99. The summed E-state index contributed by atoms with van der Waals surface area (Å²) in [6.07, 6.45) is 4.68. The van der Waals surface area contributed by atoms with Gasteiger partial charge in [0.15, 0.2) is 0 Å². The lowest BCUT2D eigenvalue weighted by Crippen LogP contribution is -2.43. The molecule has 4 nitrogen and oxygen atoms in total. The van der Waals surface area contributed by atoms with Crippen LogP contribution in [0.3, 0.4) is 0 Å². The molecular formula is C16H18N2O2S. The first kappa shape index (κ1) is 13.1. The maximum atomic E-state index is 12.6. The summed E-state index contributed by atoms with van der Waals surface area (Å²) in [6, 6.07) is 4.31. The van der Waals surface area contributed by atoms with Crippen LogP contribution in [-0.2, 0) is 6.54 Å². The van der Waals surface area contributed by atoms with Gasteiger partial charge in [-0.25, -0.2) is 0 Å². The van der Waals surface area contributed by atoms with Crippen LogP contribution in [0.25, 0.3) is 0 Å². The lowest BCUT2D eigenvalue weighted by molar-refractivity contribution is 0.0712. The van der Waals surface area contributed by atoms with Gasteiger partial charge in [-0.05, 0) is 29.9 Å². The second kappa shape index (κ2) is 5.31. The van der Waals surface area contributed by atoms with Crippen molar-refractivity contribution in [1.82, 2.24) is 9.80 Å². The van der Waals surface area contributed by atoms with Crippen LogP contribution in [-0.4, -0.2) is 41.4 Å². The van der Waals surface area contributed by atoms with Gasteiger partial charge in [0, 0.05) is 43.2 Å². The van der Waals surface area contributed by atoms with Crippen LogP contribution >= 0.6 is 11.3 Å². The highest BCUT2D eigenvalue weighted by atomic mass is 32.1. The molecule has 0 spiro atoms. The van der Waals surface area contributed by atoms with E-state index in [-0.39, 0.29) is 5.91 Å². The van der Waals surface area contributed by atoms with E-state index in [4.69, 9.17) is 4.42 Å². The monoisotopic (exact) mass is 302 g/mol. The van der Waals surface area contributed by atoms with Gasteiger partial charge in [-0.1, -0.05) is 0 Å². The topological polar surface area (TPSA) is 36.7 Å². The molecule has 4 heterocycles. The Morgan fingerprint density at radius 2 is 2.29 bits per heavy atom. The number of carbonyl (C=O) groups excluding carboxylic acids is 1. The molecule has 0 saturated carbocycles. The molecule has 0 unspecified atom stereocenters. The average Bonchev–Trinajstić information content (AvgIpc) is 3.19. The van der Waals surface area contributed by atoms with Crippen LogP contribution in [0.2, 0.25) is 0 Å². The van der Waals surface area contributed by atoms with Crippen molar-refractivity contribution in [3.05, 3.63) is 46.5 Å². The van der Waals surface area contributed by atoms with E-state index in [0.717, 1.165) is 38.2 Å². The number of amides is 1. The predicted molar refractivity (Wildman–Crippen MR) is 81.2 cm³/mol. The third kappa shape index (κ3) is 2.51. The Balaban J connectivity index is 1.46. The van der Waals surface area contributed by atoms with Crippen LogP contribution < -0.4 is 0 Å². The fourth-order valence-electron chi connectivity index (χ4n) is 3.63. The Bertz CT molecular complexity index is 608. The molecule has 2 fully saturated rings. The van der Waals surface area contributed by atoms with Crippen LogP contribution in [0, 0.1) is 5.92 Å². The second-order valence-electron chi connectivity index (χ2n) is 6.05. The molecule has 2 aromatic rings. The van der Waals surface area contributed by atoms with E-state index in [0.29, 0.717) is 12.0 Å². The quantitative estimate of drug-likeness (QED) is 0.874. The van der Waals surface area contributed by atoms with Crippen LogP contribution in [0.1, 0.15) is 22.3 Å². The minimum atomic E-state index is 0.203. The van der Waals surface area contributed by atoms with Gasteiger partial charge in [0.05, 0.1) is 18.1 Å². The van der Waals surface area contributed by atoms with E-state index in [2.05, 4.69) is 9.80 Å². The Morgan fingerprint density at radius 3 is 3.05 bits per heavy atom. The molecule has 1 amide bonds. The maximum Gasteiger partial charge on any atom is 0.255 e. The standard InChI is InChI=1S/C16H18N2O2S/c19-16(14-2-4-21-11-14)18-8-13-5-15(18)9-17(7-13)6-12-1-3-20-10-12/h1-4,10-11,13,15H,5-9H2/t13-,15-/m0/s1. The largest absolute Gasteiger partial charge is 0.472 e. The molecule has 2 bridgehead atoms. The first-order valence-corrected chi connectivity index (χ1v) is 8.30. The van der Waals surface area contributed by atoms with Crippen LogP contribution in [0.4, 0.5) is 0 Å². The summed E-state index contributed by atoms with van der Waals surface area (Å²) in [5, 5.41) is 3.93. The van der Waals surface area contributed by atoms with Crippen molar-refractivity contribution in [2.45, 2.75) is 19.0 Å². The van der Waals surface area contributed by atoms with Crippen molar-refractivity contribution >= 4 is 17.2 Å². The molecule has 2 aliphatic heterocycles. The van der Waals surface area contributed by atoms with Gasteiger partial charge >= 0.3 is 0 Å². The zero-order chi connectivity index (χ0) is 14.2. The van der Waals surface area contributed by atoms with E-state index in [1.165, 1.54) is 5.56 Å². The highest BCUT2D eigenvalue weighted by Crippen LogP contribution is 2.31. The van der Waals surface area contributed by atoms with Crippen molar-refractivity contribution < 1.29 is 9.21 Å². The molecule has 110 valence electrons. The fraction of sp³-hybridized carbons (Fsp3) is 0.438. The van der Waals surface area contributed by atoms with Gasteiger partial charge in [-0.3, -0.25) is 9.69 Å². The molecule has 2 aromatic heterocycles. The Labute approximate surface area is 128 Å². The van der Waals surface area contributed by atoms with Gasteiger partial charge in [-0.15, -0.1) is 0 Å². The summed E-state index contributed by atoms with van der Waals surface area (Å²) in [7, 11) is 0. The highest BCUT2D eigenvalue weighted by molar-refractivity contribution is 7.08. The van der Waals surface area contributed by atoms with E-state index >= 15 is 0 Å². The molecule has 4 rings (SSSR count). The van der Waals surface area contributed by atoms with E-state index in [1.54, 1.807) is 17.6 Å². The van der Waals surface area contributed by atoms with Crippen LogP contribution in [0.15, 0.2) is 39.8 Å². The smallest absolute Gasteiger partial charge is 0.255 e. The molecule has 0 aromatic carbocycles. The number of nitrogens with zero attached hydrogens (tertiary/aromatic N) is 2. The van der Waals surface area contributed by atoms with Crippen molar-refractivity contribution in [2.75, 3.05) is 19.6 Å². The fourth-order valence-corrected chi connectivity index (χ4v) is 4.26. The molecule has 5 heteroatoms. The summed E-state index contributed by atoms with van der Waals surface area (Å²) in [4.78, 5) is 17.1. The number of rotatable bonds is 3. The molecule has 2 saturated heterocycles. The van der Waals surface area contributed by atoms with Gasteiger partial charge in [0.25, 0.3) is 5.91 Å². The first-order chi connectivity index (χ1) is 10.3. The van der Waals surface area contributed by atoms with E-state index in [9.17, 15) is 4.79 Å². The van der Waals surface area contributed by atoms with Gasteiger partial charge in [-0.2, -0.15) is 11.3 Å². The average molecular weight is 302 g/mol. The molecule has 0 radical (unpaired) electrons. The Kier molecular flexibility index (Phi) is 3.31. The summed E-state index contributed by atoms with van der Waals surface area (Å²) in [6.45, 7) is 3.87. The number of piperidine rings is 1. The van der Waals surface area contributed by atoms with Crippen molar-refractivity contribution in [3.63, 3.8) is 0 Å². The summed E-state index contributed by atoms with van der Waals surface area (Å²) in [5.74, 6) is 0.812. The highest BCUT2D eigenvalue weighted by Gasteiger charge is 2.40. The predicted octanol–water partition coefficient (Wildman–Crippen LogP) is 2.69. The number of hydrogen-bond donors (Lipinski definition) is 0. The molecule has 0 aliphatic carbocycles. The van der Waals surface area contributed by atoms with E-state index in [1.807, 2.05) is 29.2 Å². The van der Waals surface area contributed by atoms with Gasteiger partial charge in [0.1, 0.15) is 0 Å². The minimum Gasteiger partial charge on any atom is -0.472 e. The summed E-state index contributed by atoms with van der Waals surface area (Å²) >= 11 is 1.59. The van der Waals surface area contributed by atoms with Crippen molar-refractivity contribution in [1.29, 1.82) is 0 Å².